The first-order valence-corrected chi connectivity index (χ1v) is 7.27. The van der Waals surface area contributed by atoms with Gasteiger partial charge in [-0.1, -0.05) is 0 Å². The highest BCUT2D eigenvalue weighted by molar-refractivity contribution is 5.62. The highest BCUT2D eigenvalue weighted by Crippen LogP contribution is 2.46. The van der Waals surface area contributed by atoms with E-state index in [1.165, 1.54) is 11.3 Å². The van der Waals surface area contributed by atoms with E-state index in [9.17, 15) is 4.39 Å². The van der Waals surface area contributed by atoms with Gasteiger partial charge in [-0.05, 0) is 63.5 Å². The van der Waals surface area contributed by atoms with Crippen LogP contribution in [0.5, 0.6) is 0 Å². The van der Waals surface area contributed by atoms with E-state index in [1.807, 2.05) is 6.07 Å². The van der Waals surface area contributed by atoms with E-state index >= 15 is 0 Å². The van der Waals surface area contributed by atoms with Gasteiger partial charge in [0.05, 0.1) is 0 Å². The number of hydrogen-bond acceptors (Lipinski definition) is 2. The first kappa shape index (κ1) is 12.9. The lowest BCUT2D eigenvalue weighted by Gasteiger charge is -2.41. The highest BCUT2D eigenvalue weighted by atomic mass is 19.1. The molecule has 0 unspecified atom stereocenters. The number of benzene rings is 1. The Morgan fingerprint density at radius 1 is 1.21 bits per heavy atom. The summed E-state index contributed by atoms with van der Waals surface area (Å²) in [4.78, 5) is 4.82. The van der Waals surface area contributed by atoms with E-state index in [0.717, 1.165) is 32.5 Å². The largest absolute Gasteiger partial charge is 0.373 e. The number of likely N-dealkylation sites (tertiary alicyclic amines) is 1. The topological polar surface area (TPSA) is 6.48 Å². The molecule has 1 spiro atoms. The fraction of sp³-hybridized carbons (Fsp3) is 0.625. The Bertz CT molecular complexity index is 476. The molecule has 0 N–H and O–H groups in total. The molecule has 3 rings (SSSR count). The second kappa shape index (κ2) is 4.48. The quantitative estimate of drug-likeness (QED) is 0.767. The predicted octanol–water partition coefficient (Wildman–Crippen LogP) is 3.02. The van der Waals surface area contributed by atoms with Crippen molar-refractivity contribution in [2.24, 2.45) is 0 Å². The zero-order valence-electron chi connectivity index (χ0n) is 12.1. The molecule has 0 amide bonds. The monoisotopic (exact) mass is 262 g/mol. The Morgan fingerprint density at radius 3 is 2.53 bits per heavy atom. The molecular weight excluding hydrogens is 239 g/mol. The van der Waals surface area contributed by atoms with Crippen molar-refractivity contribution in [2.75, 3.05) is 31.6 Å². The third-order valence-corrected chi connectivity index (χ3v) is 4.97. The van der Waals surface area contributed by atoms with Gasteiger partial charge >= 0.3 is 0 Å². The molecule has 1 aromatic rings. The van der Waals surface area contributed by atoms with Crippen LogP contribution in [0.25, 0.3) is 0 Å². The number of anilines is 1. The number of fused-ring (bicyclic) bond motifs is 2. The van der Waals surface area contributed by atoms with Gasteiger partial charge in [0.2, 0.25) is 0 Å². The summed E-state index contributed by atoms with van der Waals surface area (Å²) in [5.74, 6) is -0.0975. The van der Waals surface area contributed by atoms with Crippen LogP contribution in [0.3, 0.4) is 0 Å². The molecule has 2 heterocycles. The van der Waals surface area contributed by atoms with Crippen LogP contribution in [0.1, 0.15) is 32.3 Å². The van der Waals surface area contributed by atoms with Crippen molar-refractivity contribution in [3.8, 4) is 0 Å². The van der Waals surface area contributed by atoms with E-state index in [2.05, 4.69) is 30.7 Å². The standard InChI is InChI=1S/C16H23FN2/c1-12(2)19-8-6-16(7-9-19)11-18(3)15-5-4-13(17)10-14(15)16/h4-5,10,12H,6-9,11H2,1-3H3. The lowest BCUT2D eigenvalue weighted by atomic mass is 9.74. The smallest absolute Gasteiger partial charge is 0.123 e. The summed E-state index contributed by atoms with van der Waals surface area (Å²) in [6.45, 7) is 7.80. The van der Waals surface area contributed by atoms with E-state index in [1.54, 1.807) is 12.1 Å². The molecular formula is C16H23FN2. The van der Waals surface area contributed by atoms with Crippen molar-refractivity contribution in [1.82, 2.24) is 4.90 Å². The van der Waals surface area contributed by atoms with E-state index in [4.69, 9.17) is 0 Å². The SMILES string of the molecule is CC(C)N1CCC2(CC1)CN(C)c1ccc(F)cc12. The molecule has 0 aliphatic carbocycles. The van der Waals surface area contributed by atoms with Gasteiger partial charge in [-0.3, -0.25) is 0 Å². The average molecular weight is 262 g/mol. The molecule has 2 aliphatic heterocycles. The minimum atomic E-state index is -0.0975. The van der Waals surface area contributed by atoms with Crippen molar-refractivity contribution in [3.63, 3.8) is 0 Å². The molecule has 1 aromatic carbocycles. The Kier molecular flexibility index (Phi) is 3.05. The van der Waals surface area contributed by atoms with Gasteiger partial charge in [0.25, 0.3) is 0 Å². The van der Waals surface area contributed by atoms with Gasteiger partial charge in [0, 0.05) is 30.7 Å². The van der Waals surface area contributed by atoms with Crippen LogP contribution < -0.4 is 4.90 Å². The molecule has 0 saturated carbocycles. The van der Waals surface area contributed by atoms with Crippen LogP contribution in [0.4, 0.5) is 10.1 Å². The van der Waals surface area contributed by atoms with Crippen molar-refractivity contribution in [3.05, 3.63) is 29.6 Å². The lowest BCUT2D eigenvalue weighted by Crippen LogP contribution is -2.47. The van der Waals surface area contributed by atoms with Gasteiger partial charge in [0.15, 0.2) is 0 Å². The highest BCUT2D eigenvalue weighted by Gasteiger charge is 2.43. The van der Waals surface area contributed by atoms with Crippen molar-refractivity contribution in [1.29, 1.82) is 0 Å². The second-order valence-corrected chi connectivity index (χ2v) is 6.43. The molecule has 1 fully saturated rings. The first-order valence-electron chi connectivity index (χ1n) is 7.27. The van der Waals surface area contributed by atoms with Gasteiger partial charge < -0.3 is 9.80 Å². The third-order valence-electron chi connectivity index (χ3n) is 4.97. The van der Waals surface area contributed by atoms with Gasteiger partial charge in [-0.2, -0.15) is 0 Å². The summed E-state index contributed by atoms with van der Waals surface area (Å²) in [6.07, 6.45) is 2.29. The maximum atomic E-state index is 13.6. The number of piperidine rings is 1. The lowest BCUT2D eigenvalue weighted by molar-refractivity contribution is 0.135. The van der Waals surface area contributed by atoms with E-state index in [-0.39, 0.29) is 11.2 Å². The third kappa shape index (κ3) is 2.04. The van der Waals surface area contributed by atoms with E-state index < -0.39 is 0 Å². The summed E-state index contributed by atoms with van der Waals surface area (Å²) in [5.41, 5.74) is 2.63. The fourth-order valence-electron chi connectivity index (χ4n) is 3.79. The van der Waals surface area contributed by atoms with Crippen molar-refractivity contribution >= 4 is 5.69 Å². The maximum Gasteiger partial charge on any atom is 0.123 e. The number of likely N-dealkylation sites (N-methyl/N-ethyl adjacent to an activating group) is 1. The van der Waals surface area contributed by atoms with Gasteiger partial charge in [-0.25, -0.2) is 4.39 Å². The second-order valence-electron chi connectivity index (χ2n) is 6.43. The molecule has 19 heavy (non-hydrogen) atoms. The number of hydrogen-bond donors (Lipinski definition) is 0. The van der Waals surface area contributed by atoms with Crippen molar-refractivity contribution in [2.45, 2.75) is 38.1 Å². The van der Waals surface area contributed by atoms with Crippen molar-refractivity contribution < 1.29 is 4.39 Å². The van der Waals surface area contributed by atoms with Crippen LogP contribution in [-0.4, -0.2) is 37.6 Å². The number of halogens is 1. The number of rotatable bonds is 1. The molecule has 3 heteroatoms. The van der Waals surface area contributed by atoms with Crippen LogP contribution in [0.15, 0.2) is 18.2 Å². The van der Waals surface area contributed by atoms with E-state index in [0.29, 0.717) is 6.04 Å². The van der Waals surface area contributed by atoms with Crippen LogP contribution in [0.2, 0.25) is 0 Å². The number of nitrogens with zero attached hydrogens (tertiary/aromatic N) is 2. The summed E-state index contributed by atoms with van der Waals surface area (Å²) in [6, 6.07) is 5.90. The average Bonchev–Trinajstić information content (AvgIpc) is 2.63. The maximum absolute atomic E-state index is 13.6. The summed E-state index contributed by atoms with van der Waals surface area (Å²) in [5, 5.41) is 0. The Hall–Kier alpha value is -1.09. The molecule has 0 aromatic heterocycles. The Balaban J connectivity index is 1.90. The Morgan fingerprint density at radius 2 is 1.89 bits per heavy atom. The Labute approximate surface area is 115 Å². The van der Waals surface area contributed by atoms with Gasteiger partial charge in [0.1, 0.15) is 5.82 Å². The van der Waals surface area contributed by atoms with Crippen LogP contribution in [-0.2, 0) is 5.41 Å². The van der Waals surface area contributed by atoms with Gasteiger partial charge in [-0.15, -0.1) is 0 Å². The zero-order valence-corrected chi connectivity index (χ0v) is 12.1. The predicted molar refractivity (Wildman–Crippen MR) is 77.3 cm³/mol. The molecule has 104 valence electrons. The fourth-order valence-corrected chi connectivity index (χ4v) is 3.79. The van der Waals surface area contributed by atoms with Crippen LogP contribution >= 0.6 is 0 Å². The summed E-state index contributed by atoms with van der Waals surface area (Å²) in [7, 11) is 2.13. The normalized spacial score (nSPS) is 22.3. The molecule has 2 aliphatic rings. The molecule has 0 atom stereocenters. The molecule has 1 saturated heterocycles. The first-order chi connectivity index (χ1) is 9.02. The summed E-state index contributed by atoms with van der Waals surface area (Å²) >= 11 is 0. The molecule has 0 radical (unpaired) electrons. The molecule has 2 nitrogen and oxygen atoms in total. The minimum Gasteiger partial charge on any atom is -0.373 e. The minimum absolute atomic E-state index is 0.0975. The molecule has 0 bridgehead atoms. The zero-order chi connectivity index (χ0) is 13.6. The summed E-state index contributed by atoms with van der Waals surface area (Å²) < 4.78 is 13.6. The van der Waals surface area contributed by atoms with Crippen LogP contribution in [0, 0.1) is 5.82 Å².